The van der Waals surface area contributed by atoms with Gasteiger partial charge in [-0.1, -0.05) is 25.7 Å². The van der Waals surface area contributed by atoms with Gasteiger partial charge in [-0.2, -0.15) is 0 Å². The second kappa shape index (κ2) is 10.7. The zero-order chi connectivity index (χ0) is 23.2. The number of rotatable bonds is 6. The Kier molecular flexibility index (Phi) is 8.20. The van der Waals surface area contributed by atoms with Gasteiger partial charge in [0, 0.05) is 37.4 Å². The van der Waals surface area contributed by atoms with Gasteiger partial charge in [-0.3, -0.25) is 9.59 Å². The molecule has 7 nitrogen and oxygen atoms in total. The highest BCUT2D eigenvalue weighted by atomic mass is 32.1. The molecule has 3 rings (SSSR count). The predicted octanol–water partition coefficient (Wildman–Crippen LogP) is 4.15. The Morgan fingerprint density at radius 3 is 2.53 bits per heavy atom. The second-order valence-corrected chi connectivity index (χ2v) is 11.0. The molecule has 2 aliphatic rings. The third kappa shape index (κ3) is 7.22. The highest BCUT2D eigenvalue weighted by molar-refractivity contribution is 7.10. The Hall–Kier alpha value is -2.09. The van der Waals surface area contributed by atoms with Crippen molar-refractivity contribution in [1.29, 1.82) is 0 Å². The molecule has 0 radical (unpaired) electrons. The molecule has 1 aliphatic carbocycles. The smallest absolute Gasteiger partial charge is 0.408 e. The van der Waals surface area contributed by atoms with E-state index < -0.39 is 17.2 Å². The summed E-state index contributed by atoms with van der Waals surface area (Å²) in [5.74, 6) is -0.130. The van der Waals surface area contributed by atoms with Crippen LogP contribution in [0.2, 0.25) is 0 Å². The van der Waals surface area contributed by atoms with Crippen LogP contribution in [0.5, 0.6) is 0 Å². The van der Waals surface area contributed by atoms with E-state index in [1.54, 1.807) is 11.3 Å². The maximum absolute atomic E-state index is 12.6. The molecule has 0 aromatic carbocycles. The van der Waals surface area contributed by atoms with Crippen molar-refractivity contribution in [3.63, 3.8) is 0 Å². The Morgan fingerprint density at radius 1 is 1.12 bits per heavy atom. The van der Waals surface area contributed by atoms with Crippen molar-refractivity contribution in [2.45, 2.75) is 96.2 Å². The lowest BCUT2D eigenvalue weighted by Gasteiger charge is -2.35. The minimum Gasteiger partial charge on any atom is -0.444 e. The maximum Gasteiger partial charge on any atom is 0.408 e. The predicted molar refractivity (Wildman–Crippen MR) is 125 cm³/mol. The Morgan fingerprint density at radius 2 is 1.84 bits per heavy atom. The number of alkyl carbamates (subject to hydrolysis) is 1. The van der Waals surface area contributed by atoms with Crippen molar-refractivity contribution in [2.75, 3.05) is 13.1 Å². The van der Waals surface area contributed by atoms with Crippen molar-refractivity contribution >= 4 is 29.2 Å². The first-order valence-corrected chi connectivity index (χ1v) is 12.6. The Labute approximate surface area is 195 Å². The number of thiophene rings is 1. The summed E-state index contributed by atoms with van der Waals surface area (Å²) < 4.78 is 5.47. The molecule has 178 valence electrons. The lowest BCUT2D eigenvalue weighted by Crippen LogP contribution is -2.56. The van der Waals surface area contributed by atoms with E-state index in [4.69, 9.17) is 4.74 Å². The Bertz CT molecular complexity index is 806. The first kappa shape index (κ1) is 24.6. The number of ether oxygens (including phenoxy) is 1. The van der Waals surface area contributed by atoms with Crippen LogP contribution in [0.25, 0.3) is 0 Å². The molecule has 8 heteroatoms. The van der Waals surface area contributed by atoms with Crippen LogP contribution in [0.1, 0.15) is 82.6 Å². The molecule has 0 unspecified atom stereocenters. The summed E-state index contributed by atoms with van der Waals surface area (Å²) in [7, 11) is 0. The fourth-order valence-electron chi connectivity index (χ4n) is 4.47. The zero-order valence-corrected chi connectivity index (χ0v) is 20.4. The average Bonchev–Trinajstić information content (AvgIpc) is 3.07. The van der Waals surface area contributed by atoms with Gasteiger partial charge < -0.3 is 20.3 Å². The van der Waals surface area contributed by atoms with Crippen molar-refractivity contribution in [3.05, 3.63) is 21.9 Å². The molecule has 1 aliphatic heterocycles. The molecule has 3 amide bonds. The highest BCUT2D eigenvalue weighted by Crippen LogP contribution is 2.28. The molecule has 0 atom stereocenters. The largest absolute Gasteiger partial charge is 0.444 e. The van der Waals surface area contributed by atoms with E-state index in [0.717, 1.165) is 51.5 Å². The molecule has 1 aromatic rings. The number of amides is 3. The van der Waals surface area contributed by atoms with Crippen LogP contribution in [0.3, 0.4) is 0 Å². The number of carbonyl (C=O) groups excluding carboxylic acids is 3. The number of fused-ring (bicyclic) bond motifs is 1. The number of nitrogens with one attached hydrogen (secondary N) is 2. The summed E-state index contributed by atoms with van der Waals surface area (Å²) in [4.78, 5) is 40.8. The lowest BCUT2D eigenvalue weighted by molar-refractivity contribution is -0.134. The van der Waals surface area contributed by atoms with Gasteiger partial charge in [-0.05, 0) is 57.0 Å². The molecule has 0 saturated heterocycles. The maximum atomic E-state index is 12.6. The first-order valence-electron chi connectivity index (χ1n) is 11.8. The van der Waals surface area contributed by atoms with Gasteiger partial charge in [0.2, 0.25) is 11.8 Å². The highest BCUT2D eigenvalue weighted by Gasteiger charge is 2.34. The van der Waals surface area contributed by atoms with Crippen LogP contribution in [0, 0.1) is 0 Å². The monoisotopic (exact) mass is 463 g/mol. The quantitative estimate of drug-likeness (QED) is 0.621. The summed E-state index contributed by atoms with van der Waals surface area (Å²) in [5, 5.41) is 8.11. The van der Waals surface area contributed by atoms with Crippen molar-refractivity contribution < 1.29 is 19.1 Å². The Balaban J connectivity index is 1.49. The van der Waals surface area contributed by atoms with Crippen LogP contribution < -0.4 is 10.6 Å². The first-order chi connectivity index (χ1) is 15.2. The molecular weight excluding hydrogens is 426 g/mol. The number of hydrogen-bond acceptors (Lipinski definition) is 5. The van der Waals surface area contributed by atoms with E-state index in [9.17, 15) is 14.4 Å². The zero-order valence-electron chi connectivity index (χ0n) is 19.6. The second-order valence-electron chi connectivity index (χ2n) is 10.0. The molecule has 0 bridgehead atoms. The van der Waals surface area contributed by atoms with Gasteiger partial charge in [0.05, 0.1) is 5.54 Å². The third-order valence-electron chi connectivity index (χ3n) is 6.18. The van der Waals surface area contributed by atoms with Crippen LogP contribution in [-0.4, -0.2) is 47.0 Å². The fraction of sp³-hybridized carbons (Fsp3) is 0.708. The van der Waals surface area contributed by atoms with E-state index in [1.165, 1.54) is 10.4 Å². The van der Waals surface area contributed by atoms with E-state index >= 15 is 0 Å². The summed E-state index contributed by atoms with van der Waals surface area (Å²) in [6.45, 7) is 7.24. The van der Waals surface area contributed by atoms with Crippen molar-refractivity contribution in [2.24, 2.45) is 0 Å². The van der Waals surface area contributed by atoms with E-state index in [0.29, 0.717) is 13.1 Å². The van der Waals surface area contributed by atoms with Gasteiger partial charge in [-0.15, -0.1) is 11.3 Å². The third-order valence-corrected chi connectivity index (χ3v) is 7.20. The summed E-state index contributed by atoms with van der Waals surface area (Å²) in [5.41, 5.74) is 0.154. The minimum absolute atomic E-state index is 0.0214. The van der Waals surface area contributed by atoms with Gasteiger partial charge in [0.25, 0.3) is 0 Å². The molecule has 1 fully saturated rings. The summed E-state index contributed by atoms with van der Waals surface area (Å²) >= 11 is 1.74. The standard InChI is InChI=1S/C24H37N3O4S/c1-23(2,3)31-22(30)26-24(12-6-4-5-7-13-24)17-25-20(28)8-9-21(29)27-14-10-19-18(16-27)11-15-32-19/h11,15H,4-10,12-14,16-17H2,1-3H3,(H,25,28)(H,26,30). The van der Waals surface area contributed by atoms with Crippen LogP contribution in [-0.2, 0) is 27.3 Å². The SMILES string of the molecule is CC(C)(C)OC(=O)NC1(CNC(=O)CCC(=O)N2CCc3sccc3C2)CCCCCC1. The van der Waals surface area contributed by atoms with Gasteiger partial charge in [0.1, 0.15) is 5.60 Å². The number of carbonyl (C=O) groups is 3. The van der Waals surface area contributed by atoms with Crippen molar-refractivity contribution in [1.82, 2.24) is 15.5 Å². The van der Waals surface area contributed by atoms with E-state index in [-0.39, 0.29) is 24.7 Å². The summed E-state index contributed by atoms with van der Waals surface area (Å²) in [6, 6.07) is 2.08. The molecule has 2 heterocycles. The number of hydrogen-bond donors (Lipinski definition) is 2. The molecule has 32 heavy (non-hydrogen) atoms. The molecule has 0 spiro atoms. The minimum atomic E-state index is -0.572. The normalized spacial score (nSPS) is 18.3. The van der Waals surface area contributed by atoms with Crippen LogP contribution in [0.15, 0.2) is 11.4 Å². The topological polar surface area (TPSA) is 87.7 Å². The molecule has 2 N–H and O–H groups in total. The lowest BCUT2D eigenvalue weighted by atomic mass is 9.90. The molecule has 1 aromatic heterocycles. The molecular formula is C24H37N3O4S. The van der Waals surface area contributed by atoms with E-state index in [2.05, 4.69) is 22.1 Å². The van der Waals surface area contributed by atoms with E-state index in [1.807, 2.05) is 25.7 Å². The van der Waals surface area contributed by atoms with Gasteiger partial charge in [-0.25, -0.2) is 4.79 Å². The van der Waals surface area contributed by atoms with Gasteiger partial charge >= 0.3 is 6.09 Å². The molecule has 1 saturated carbocycles. The van der Waals surface area contributed by atoms with Crippen molar-refractivity contribution in [3.8, 4) is 0 Å². The summed E-state index contributed by atoms with van der Waals surface area (Å²) in [6.07, 6.45) is 6.69. The van der Waals surface area contributed by atoms with Crippen LogP contribution in [0.4, 0.5) is 4.79 Å². The van der Waals surface area contributed by atoms with Gasteiger partial charge in [0.15, 0.2) is 0 Å². The fourth-order valence-corrected chi connectivity index (χ4v) is 5.36. The average molecular weight is 464 g/mol. The van der Waals surface area contributed by atoms with Crippen LogP contribution >= 0.6 is 11.3 Å². The number of nitrogens with zero attached hydrogens (tertiary/aromatic N) is 1.